The van der Waals surface area contributed by atoms with Crippen LogP contribution in [0.4, 0.5) is 5.69 Å². The topological polar surface area (TPSA) is 136 Å². The van der Waals surface area contributed by atoms with Crippen molar-refractivity contribution >= 4 is 33.5 Å². The summed E-state index contributed by atoms with van der Waals surface area (Å²) in [6.45, 7) is 3.72. The van der Waals surface area contributed by atoms with Gasteiger partial charge in [0.05, 0.1) is 17.1 Å². The van der Waals surface area contributed by atoms with E-state index in [4.69, 9.17) is 10.5 Å². The first kappa shape index (κ1) is 24.0. The highest BCUT2D eigenvalue weighted by Crippen LogP contribution is 2.18. The maximum atomic E-state index is 12.9. The van der Waals surface area contributed by atoms with Crippen molar-refractivity contribution in [2.75, 3.05) is 25.0 Å². The molecule has 3 N–H and O–H groups in total. The number of carbonyl (C=O) groups excluding carboxylic acids is 3. The molecular weight excluding hydrogens is 422 g/mol. The van der Waals surface area contributed by atoms with Gasteiger partial charge in [0.25, 0.3) is 0 Å². The molecule has 2 aromatic rings. The lowest BCUT2D eigenvalue weighted by Crippen LogP contribution is -2.33. The van der Waals surface area contributed by atoms with Gasteiger partial charge in [-0.1, -0.05) is 6.92 Å². The molecule has 2 aromatic carbocycles. The number of ether oxygens (including phenoxy) is 1. The number of benzene rings is 2. The second-order valence-electron chi connectivity index (χ2n) is 6.48. The second-order valence-corrected chi connectivity index (χ2v) is 8.42. The van der Waals surface area contributed by atoms with Gasteiger partial charge in [-0.05, 0) is 55.5 Å². The number of esters is 1. The molecule has 10 heteroatoms. The Bertz CT molecular complexity index is 1030. The fourth-order valence-corrected chi connectivity index (χ4v) is 4.19. The first-order valence-electron chi connectivity index (χ1n) is 9.66. The van der Waals surface area contributed by atoms with E-state index < -0.39 is 21.9 Å². The van der Waals surface area contributed by atoms with Crippen LogP contribution in [0.25, 0.3) is 0 Å². The van der Waals surface area contributed by atoms with Gasteiger partial charge in [0.1, 0.15) is 0 Å². The Morgan fingerprint density at radius 3 is 2.06 bits per heavy atom. The SMILES string of the molecule is CCOC(=O)c1ccc(S(=O)(=O)N(CC)CCC(=O)Nc2ccc(C(N)=O)cc2)cc1. The second kappa shape index (κ2) is 10.7. The van der Waals surface area contributed by atoms with E-state index in [0.29, 0.717) is 11.3 Å². The molecule has 0 fully saturated rings. The molecule has 2 amide bonds. The van der Waals surface area contributed by atoms with Crippen LogP contribution in [0.2, 0.25) is 0 Å². The predicted octanol–water partition coefficient (Wildman–Crippen LogP) is 2.00. The Labute approximate surface area is 181 Å². The minimum absolute atomic E-state index is 0.0184. The number of rotatable bonds is 10. The van der Waals surface area contributed by atoms with Gasteiger partial charge in [-0.2, -0.15) is 4.31 Å². The summed E-state index contributed by atoms with van der Waals surface area (Å²) in [4.78, 5) is 35.1. The summed E-state index contributed by atoms with van der Waals surface area (Å²) >= 11 is 0. The van der Waals surface area contributed by atoms with Gasteiger partial charge in [0, 0.05) is 30.8 Å². The van der Waals surface area contributed by atoms with Crippen LogP contribution in [0.15, 0.2) is 53.4 Å². The molecule has 0 saturated carbocycles. The summed E-state index contributed by atoms with van der Waals surface area (Å²) in [7, 11) is -3.84. The highest BCUT2D eigenvalue weighted by molar-refractivity contribution is 7.89. The molecule has 0 atom stereocenters. The Hall–Kier alpha value is -3.24. The summed E-state index contributed by atoms with van der Waals surface area (Å²) in [5.41, 5.74) is 6.21. The van der Waals surface area contributed by atoms with E-state index >= 15 is 0 Å². The van der Waals surface area contributed by atoms with Crippen molar-refractivity contribution < 1.29 is 27.5 Å². The molecule has 0 aliphatic heterocycles. The molecule has 0 heterocycles. The minimum Gasteiger partial charge on any atom is -0.462 e. The van der Waals surface area contributed by atoms with Crippen LogP contribution >= 0.6 is 0 Å². The Morgan fingerprint density at radius 2 is 1.55 bits per heavy atom. The summed E-state index contributed by atoms with van der Waals surface area (Å²) in [6.07, 6.45) is -0.0639. The van der Waals surface area contributed by atoms with Crippen molar-refractivity contribution in [2.24, 2.45) is 5.73 Å². The fourth-order valence-electron chi connectivity index (χ4n) is 2.74. The molecule has 0 aliphatic rings. The third-order valence-electron chi connectivity index (χ3n) is 4.40. The van der Waals surface area contributed by atoms with Crippen LogP contribution in [-0.2, 0) is 19.6 Å². The predicted molar refractivity (Wildman–Crippen MR) is 115 cm³/mol. The van der Waals surface area contributed by atoms with E-state index in [1.54, 1.807) is 13.8 Å². The fraction of sp³-hybridized carbons (Fsp3) is 0.286. The van der Waals surface area contributed by atoms with Crippen LogP contribution < -0.4 is 11.1 Å². The number of anilines is 1. The third kappa shape index (κ3) is 6.37. The number of nitrogens with one attached hydrogen (secondary N) is 1. The zero-order valence-corrected chi connectivity index (χ0v) is 18.1. The number of hydrogen-bond acceptors (Lipinski definition) is 6. The van der Waals surface area contributed by atoms with Crippen molar-refractivity contribution in [3.63, 3.8) is 0 Å². The standard InChI is InChI=1S/C21H25N3O6S/c1-3-24(14-13-19(25)23-17-9-5-15(6-10-17)20(22)26)31(28,29)18-11-7-16(8-12-18)21(27)30-4-2/h5-12H,3-4,13-14H2,1-2H3,(H2,22,26)(H,23,25). The van der Waals surface area contributed by atoms with E-state index in [1.165, 1.54) is 52.8 Å². The number of amides is 2. The Balaban J connectivity index is 2.01. The van der Waals surface area contributed by atoms with Crippen molar-refractivity contribution in [1.29, 1.82) is 0 Å². The number of sulfonamides is 1. The van der Waals surface area contributed by atoms with Crippen LogP contribution in [0.1, 0.15) is 41.0 Å². The zero-order chi connectivity index (χ0) is 23.0. The number of carbonyl (C=O) groups is 3. The maximum absolute atomic E-state index is 12.9. The lowest BCUT2D eigenvalue weighted by Gasteiger charge is -2.20. The van der Waals surface area contributed by atoms with Crippen LogP contribution in [0.5, 0.6) is 0 Å². The quantitative estimate of drug-likeness (QED) is 0.535. The van der Waals surface area contributed by atoms with Crippen LogP contribution in [0.3, 0.4) is 0 Å². The molecule has 0 spiro atoms. The molecule has 0 unspecified atom stereocenters. The van der Waals surface area contributed by atoms with Crippen molar-refractivity contribution in [2.45, 2.75) is 25.2 Å². The molecule has 2 rings (SSSR count). The summed E-state index contributed by atoms with van der Waals surface area (Å²) in [5, 5.41) is 2.65. The monoisotopic (exact) mass is 447 g/mol. The van der Waals surface area contributed by atoms with Gasteiger partial charge < -0.3 is 15.8 Å². The van der Waals surface area contributed by atoms with E-state index in [2.05, 4.69) is 5.32 Å². The van der Waals surface area contributed by atoms with E-state index in [9.17, 15) is 22.8 Å². The lowest BCUT2D eigenvalue weighted by atomic mass is 10.2. The van der Waals surface area contributed by atoms with Crippen LogP contribution in [0, 0.1) is 0 Å². The van der Waals surface area contributed by atoms with E-state index in [1.807, 2.05) is 0 Å². The molecule has 31 heavy (non-hydrogen) atoms. The van der Waals surface area contributed by atoms with Gasteiger partial charge >= 0.3 is 5.97 Å². The Morgan fingerprint density at radius 1 is 0.968 bits per heavy atom. The molecule has 0 radical (unpaired) electrons. The average Bonchev–Trinajstić information content (AvgIpc) is 2.74. The van der Waals surface area contributed by atoms with Gasteiger partial charge in [-0.3, -0.25) is 9.59 Å². The normalized spacial score (nSPS) is 11.2. The first-order chi connectivity index (χ1) is 14.7. The molecule has 0 bridgehead atoms. The highest BCUT2D eigenvalue weighted by atomic mass is 32.2. The third-order valence-corrected chi connectivity index (χ3v) is 6.39. The number of hydrogen-bond donors (Lipinski definition) is 2. The molecule has 166 valence electrons. The molecule has 0 saturated heterocycles. The first-order valence-corrected chi connectivity index (χ1v) is 11.1. The van der Waals surface area contributed by atoms with Gasteiger partial charge in [-0.15, -0.1) is 0 Å². The molecule has 0 aromatic heterocycles. The number of primary amides is 1. The molecule has 0 aliphatic carbocycles. The lowest BCUT2D eigenvalue weighted by molar-refractivity contribution is -0.116. The van der Waals surface area contributed by atoms with Crippen molar-refractivity contribution in [3.8, 4) is 0 Å². The van der Waals surface area contributed by atoms with Gasteiger partial charge in [0.2, 0.25) is 21.8 Å². The van der Waals surface area contributed by atoms with Gasteiger partial charge in [-0.25, -0.2) is 13.2 Å². The largest absolute Gasteiger partial charge is 0.462 e. The summed E-state index contributed by atoms with van der Waals surface area (Å²) in [5.74, 6) is -1.48. The molecular formula is C21H25N3O6S. The average molecular weight is 448 g/mol. The van der Waals surface area contributed by atoms with Gasteiger partial charge in [0.15, 0.2) is 0 Å². The number of nitrogens with two attached hydrogens (primary N) is 1. The molecule has 9 nitrogen and oxygen atoms in total. The van der Waals surface area contributed by atoms with Crippen molar-refractivity contribution in [3.05, 3.63) is 59.7 Å². The van der Waals surface area contributed by atoms with E-state index in [-0.39, 0.29) is 42.5 Å². The van der Waals surface area contributed by atoms with E-state index in [0.717, 1.165) is 0 Å². The Kier molecular flexibility index (Phi) is 8.29. The zero-order valence-electron chi connectivity index (χ0n) is 17.3. The number of nitrogens with zero attached hydrogens (tertiary/aromatic N) is 1. The minimum atomic E-state index is -3.84. The summed E-state index contributed by atoms with van der Waals surface area (Å²) in [6, 6.07) is 11.5. The highest BCUT2D eigenvalue weighted by Gasteiger charge is 2.24. The summed E-state index contributed by atoms with van der Waals surface area (Å²) < 4.78 is 31.8. The smallest absolute Gasteiger partial charge is 0.338 e. The maximum Gasteiger partial charge on any atom is 0.338 e. The van der Waals surface area contributed by atoms with Crippen molar-refractivity contribution in [1.82, 2.24) is 4.31 Å². The van der Waals surface area contributed by atoms with Crippen LogP contribution in [-0.4, -0.2) is 50.2 Å².